The van der Waals surface area contributed by atoms with E-state index < -0.39 is 47.6 Å². The lowest BCUT2D eigenvalue weighted by molar-refractivity contribution is -0.147. The quantitative estimate of drug-likeness (QED) is 0.189. The maximum Gasteiger partial charge on any atom is 0.328 e. The molecule has 0 aliphatic carbocycles. The van der Waals surface area contributed by atoms with Crippen LogP contribution in [0.4, 0.5) is 0 Å². The molecule has 0 bridgehead atoms. The minimum atomic E-state index is -1.19. The molecule has 200 valence electrons. The molecule has 1 heterocycles. The predicted molar refractivity (Wildman–Crippen MR) is 138 cm³/mol. The Hall–Kier alpha value is -4.02. The fourth-order valence-electron chi connectivity index (χ4n) is 3.92. The van der Waals surface area contributed by atoms with E-state index in [1.807, 2.05) is 31.2 Å². The van der Waals surface area contributed by atoms with Gasteiger partial charge in [-0.15, -0.1) is 0 Å². The van der Waals surface area contributed by atoms with Gasteiger partial charge >= 0.3 is 5.97 Å². The highest BCUT2D eigenvalue weighted by Gasteiger charge is 2.32. The number of ketones is 1. The standard InChI is InChI=1S/C26H35N5O6/c1-5-15(2)23(26(36)37-4)31-24(34)21(11-10-18(33)13-27)30-25(35)22(29-16(3)32)12-17-14-28-20-9-7-6-8-19(17)20/h6-9,13-15,21-23,27-28H,5,10-12H2,1-4H3,(H,29,32)(H,30,35)(H,31,34)/t15?,21-,22-,23-/m0/s1. The van der Waals surface area contributed by atoms with Gasteiger partial charge in [0.15, 0.2) is 5.78 Å². The van der Waals surface area contributed by atoms with Gasteiger partial charge in [0, 0.05) is 36.9 Å². The zero-order chi connectivity index (χ0) is 27.5. The minimum absolute atomic E-state index is 0.0972. The minimum Gasteiger partial charge on any atom is -0.467 e. The highest BCUT2D eigenvalue weighted by Crippen LogP contribution is 2.19. The lowest BCUT2D eigenvalue weighted by Gasteiger charge is -2.26. The Labute approximate surface area is 215 Å². The molecule has 37 heavy (non-hydrogen) atoms. The molecule has 2 aromatic rings. The summed E-state index contributed by atoms with van der Waals surface area (Å²) in [5.41, 5.74) is 1.67. The summed E-state index contributed by atoms with van der Waals surface area (Å²) in [6.45, 7) is 4.93. The maximum atomic E-state index is 13.3. The molecule has 0 aliphatic heterocycles. The normalized spacial score (nSPS) is 14.1. The number of aromatic amines is 1. The number of hydrogen-bond acceptors (Lipinski definition) is 7. The largest absolute Gasteiger partial charge is 0.467 e. The Balaban J connectivity index is 2.27. The van der Waals surface area contributed by atoms with Gasteiger partial charge in [0.2, 0.25) is 17.7 Å². The molecular formula is C26H35N5O6. The maximum absolute atomic E-state index is 13.3. The number of esters is 1. The summed E-state index contributed by atoms with van der Waals surface area (Å²) in [6, 6.07) is 4.39. The topological polar surface area (TPSA) is 170 Å². The Bertz CT molecular complexity index is 1140. The van der Waals surface area contributed by atoms with Crippen LogP contribution in [0.15, 0.2) is 30.5 Å². The van der Waals surface area contributed by atoms with Crippen molar-refractivity contribution < 1.29 is 28.7 Å². The Morgan fingerprint density at radius 3 is 2.35 bits per heavy atom. The number of nitrogens with one attached hydrogen (secondary N) is 5. The zero-order valence-corrected chi connectivity index (χ0v) is 21.6. The second kappa shape index (κ2) is 13.9. The molecule has 2 rings (SSSR count). The molecule has 5 N–H and O–H groups in total. The Kier molecular flexibility index (Phi) is 11.0. The zero-order valence-electron chi connectivity index (χ0n) is 21.6. The van der Waals surface area contributed by atoms with Crippen LogP contribution < -0.4 is 16.0 Å². The lowest BCUT2D eigenvalue weighted by atomic mass is 9.98. The molecule has 0 saturated carbocycles. The average Bonchev–Trinajstić information content (AvgIpc) is 3.30. The molecule has 0 saturated heterocycles. The van der Waals surface area contributed by atoms with E-state index in [1.54, 1.807) is 13.1 Å². The summed E-state index contributed by atoms with van der Waals surface area (Å²) in [7, 11) is 1.22. The molecule has 3 amide bonds. The van der Waals surface area contributed by atoms with E-state index in [4.69, 9.17) is 10.1 Å². The first-order valence-corrected chi connectivity index (χ1v) is 12.1. The Morgan fingerprint density at radius 2 is 1.73 bits per heavy atom. The van der Waals surface area contributed by atoms with Crippen molar-refractivity contribution >= 4 is 46.6 Å². The number of aromatic nitrogens is 1. The molecule has 1 unspecified atom stereocenters. The number of carbonyl (C=O) groups excluding carboxylic acids is 5. The van der Waals surface area contributed by atoms with Crippen LogP contribution in [0.1, 0.15) is 45.6 Å². The van der Waals surface area contributed by atoms with Gasteiger partial charge < -0.3 is 31.1 Å². The van der Waals surface area contributed by atoms with Crippen molar-refractivity contribution in [1.82, 2.24) is 20.9 Å². The van der Waals surface area contributed by atoms with Crippen molar-refractivity contribution in [2.45, 2.75) is 64.6 Å². The van der Waals surface area contributed by atoms with E-state index in [9.17, 15) is 24.0 Å². The van der Waals surface area contributed by atoms with Gasteiger partial charge in [-0.2, -0.15) is 0 Å². The molecule has 0 aliphatic rings. The number of para-hydroxylation sites is 1. The van der Waals surface area contributed by atoms with E-state index >= 15 is 0 Å². The third-order valence-corrected chi connectivity index (χ3v) is 6.23. The van der Waals surface area contributed by atoms with Crippen molar-refractivity contribution in [3.8, 4) is 0 Å². The third-order valence-electron chi connectivity index (χ3n) is 6.23. The first kappa shape index (κ1) is 29.2. The van der Waals surface area contributed by atoms with E-state index in [2.05, 4.69) is 20.9 Å². The van der Waals surface area contributed by atoms with Crippen LogP contribution in [0.5, 0.6) is 0 Å². The molecule has 0 fully saturated rings. The summed E-state index contributed by atoms with van der Waals surface area (Å²) in [5.74, 6) is -3.11. The van der Waals surface area contributed by atoms with Gasteiger partial charge in [-0.3, -0.25) is 19.2 Å². The van der Waals surface area contributed by atoms with Crippen LogP contribution in [0.2, 0.25) is 0 Å². The monoisotopic (exact) mass is 513 g/mol. The van der Waals surface area contributed by atoms with Gasteiger partial charge in [0.25, 0.3) is 0 Å². The number of rotatable bonds is 14. The molecule has 4 atom stereocenters. The fourth-order valence-corrected chi connectivity index (χ4v) is 3.92. The summed E-state index contributed by atoms with van der Waals surface area (Å²) in [5, 5.41) is 15.9. The van der Waals surface area contributed by atoms with Crippen molar-refractivity contribution in [2.75, 3.05) is 7.11 Å². The van der Waals surface area contributed by atoms with Gasteiger partial charge in [-0.25, -0.2) is 4.79 Å². The van der Waals surface area contributed by atoms with Gasteiger partial charge in [0.05, 0.1) is 13.3 Å². The molecule has 0 radical (unpaired) electrons. The second-order valence-corrected chi connectivity index (χ2v) is 8.92. The molecule has 0 spiro atoms. The number of benzene rings is 1. The molecule has 1 aromatic carbocycles. The number of ether oxygens (including phenoxy) is 1. The van der Waals surface area contributed by atoms with Crippen LogP contribution in [-0.2, 0) is 35.1 Å². The van der Waals surface area contributed by atoms with E-state index in [0.29, 0.717) is 12.6 Å². The fraction of sp³-hybridized carbons (Fsp3) is 0.462. The van der Waals surface area contributed by atoms with Crippen molar-refractivity contribution in [3.63, 3.8) is 0 Å². The molecule has 11 nitrogen and oxygen atoms in total. The molecule has 1 aromatic heterocycles. The van der Waals surface area contributed by atoms with Crippen LogP contribution in [0.3, 0.4) is 0 Å². The number of Topliss-reactive ketones (excluding diaryl/α,β-unsaturated/α-hetero) is 1. The third kappa shape index (κ3) is 8.26. The van der Waals surface area contributed by atoms with Crippen LogP contribution in [0.25, 0.3) is 10.9 Å². The van der Waals surface area contributed by atoms with Crippen LogP contribution in [-0.4, -0.2) is 65.9 Å². The number of hydrogen-bond donors (Lipinski definition) is 5. The first-order chi connectivity index (χ1) is 17.6. The molecular weight excluding hydrogens is 478 g/mol. The van der Waals surface area contributed by atoms with Crippen LogP contribution in [0, 0.1) is 11.3 Å². The summed E-state index contributed by atoms with van der Waals surface area (Å²) >= 11 is 0. The first-order valence-electron chi connectivity index (χ1n) is 12.1. The smallest absolute Gasteiger partial charge is 0.328 e. The number of carbonyl (C=O) groups is 5. The van der Waals surface area contributed by atoms with Crippen LogP contribution >= 0.6 is 0 Å². The Morgan fingerprint density at radius 1 is 1.05 bits per heavy atom. The predicted octanol–water partition coefficient (Wildman–Crippen LogP) is 1.40. The summed E-state index contributed by atoms with van der Waals surface area (Å²) < 4.78 is 4.81. The van der Waals surface area contributed by atoms with Crippen molar-refractivity contribution in [2.24, 2.45) is 5.92 Å². The van der Waals surface area contributed by atoms with E-state index in [1.165, 1.54) is 14.0 Å². The van der Waals surface area contributed by atoms with Crippen molar-refractivity contribution in [3.05, 3.63) is 36.0 Å². The second-order valence-electron chi connectivity index (χ2n) is 8.92. The summed E-state index contributed by atoms with van der Waals surface area (Å²) in [4.78, 5) is 65.5. The van der Waals surface area contributed by atoms with Gasteiger partial charge in [0.1, 0.15) is 18.1 Å². The summed E-state index contributed by atoms with van der Waals surface area (Å²) in [6.07, 6.45) is 2.87. The number of methoxy groups -OCH3 is 1. The van der Waals surface area contributed by atoms with E-state index in [0.717, 1.165) is 16.5 Å². The SMILES string of the molecule is CCC(C)[C@H](NC(=O)[C@H](CCC(=O)C=N)NC(=O)[C@H](Cc1c[nH]c2ccccc12)NC(C)=O)C(=O)OC. The van der Waals surface area contributed by atoms with Crippen molar-refractivity contribution in [1.29, 1.82) is 5.41 Å². The number of amides is 3. The highest BCUT2D eigenvalue weighted by atomic mass is 16.5. The van der Waals surface area contributed by atoms with Gasteiger partial charge in [-0.05, 0) is 24.0 Å². The van der Waals surface area contributed by atoms with Gasteiger partial charge in [-0.1, -0.05) is 38.5 Å². The number of H-pyrrole nitrogens is 1. The lowest BCUT2D eigenvalue weighted by Crippen LogP contribution is -2.57. The number of fused-ring (bicyclic) bond motifs is 1. The molecule has 11 heteroatoms. The average molecular weight is 514 g/mol. The van der Waals surface area contributed by atoms with E-state index in [-0.39, 0.29) is 25.2 Å². The highest BCUT2D eigenvalue weighted by molar-refractivity contribution is 6.26.